The SMILES string of the molecule is CSC1CCC(NS(=O)(=O)Cc2cccc(N)c2)C1. The first-order valence-electron chi connectivity index (χ1n) is 6.36. The Morgan fingerprint density at radius 2 is 2.21 bits per heavy atom. The highest BCUT2D eigenvalue weighted by molar-refractivity contribution is 7.99. The third-order valence-electron chi connectivity index (χ3n) is 3.37. The number of rotatable bonds is 5. The van der Waals surface area contributed by atoms with Gasteiger partial charge in [-0.25, -0.2) is 13.1 Å². The van der Waals surface area contributed by atoms with Crippen LogP contribution >= 0.6 is 11.8 Å². The molecule has 3 N–H and O–H groups in total. The van der Waals surface area contributed by atoms with Crippen molar-refractivity contribution in [2.45, 2.75) is 36.3 Å². The van der Waals surface area contributed by atoms with Gasteiger partial charge >= 0.3 is 0 Å². The first-order chi connectivity index (χ1) is 8.98. The van der Waals surface area contributed by atoms with Gasteiger partial charge in [-0.1, -0.05) is 12.1 Å². The number of sulfonamides is 1. The lowest BCUT2D eigenvalue weighted by Gasteiger charge is -2.13. The number of hydrogen-bond donors (Lipinski definition) is 2. The van der Waals surface area contributed by atoms with Crippen LogP contribution in [0.25, 0.3) is 0 Å². The van der Waals surface area contributed by atoms with Crippen LogP contribution in [0.1, 0.15) is 24.8 Å². The molecule has 6 heteroatoms. The summed E-state index contributed by atoms with van der Waals surface area (Å²) >= 11 is 1.82. The van der Waals surface area contributed by atoms with Gasteiger partial charge in [-0.15, -0.1) is 0 Å². The molecule has 1 aromatic carbocycles. The molecule has 0 radical (unpaired) electrons. The Hall–Kier alpha value is -0.720. The maximum Gasteiger partial charge on any atom is 0.216 e. The van der Waals surface area contributed by atoms with E-state index in [1.54, 1.807) is 24.3 Å². The molecule has 0 aliphatic heterocycles. The van der Waals surface area contributed by atoms with E-state index in [2.05, 4.69) is 11.0 Å². The Balaban J connectivity index is 1.96. The lowest BCUT2D eigenvalue weighted by molar-refractivity contribution is 0.552. The Labute approximate surface area is 119 Å². The van der Waals surface area contributed by atoms with Gasteiger partial charge in [0.1, 0.15) is 0 Å². The van der Waals surface area contributed by atoms with Gasteiger partial charge in [0.15, 0.2) is 0 Å². The van der Waals surface area contributed by atoms with Crippen molar-refractivity contribution in [3.05, 3.63) is 29.8 Å². The van der Waals surface area contributed by atoms with Crippen molar-refractivity contribution in [3.8, 4) is 0 Å². The van der Waals surface area contributed by atoms with E-state index in [4.69, 9.17) is 5.73 Å². The number of nitrogens with one attached hydrogen (secondary N) is 1. The number of benzene rings is 1. The van der Waals surface area contributed by atoms with Crippen molar-refractivity contribution < 1.29 is 8.42 Å². The number of thioether (sulfide) groups is 1. The van der Waals surface area contributed by atoms with E-state index in [0.29, 0.717) is 10.9 Å². The van der Waals surface area contributed by atoms with Gasteiger partial charge in [-0.05, 0) is 43.2 Å². The van der Waals surface area contributed by atoms with Crippen molar-refractivity contribution >= 4 is 27.5 Å². The minimum atomic E-state index is -3.28. The molecular weight excluding hydrogens is 280 g/mol. The summed E-state index contributed by atoms with van der Waals surface area (Å²) < 4.78 is 27.0. The van der Waals surface area contributed by atoms with Gasteiger partial charge in [-0.2, -0.15) is 11.8 Å². The van der Waals surface area contributed by atoms with E-state index >= 15 is 0 Å². The lowest BCUT2D eigenvalue weighted by atomic mass is 10.2. The average Bonchev–Trinajstić information content (AvgIpc) is 2.75. The molecule has 1 aromatic rings. The maximum atomic E-state index is 12.1. The molecule has 0 amide bonds. The molecule has 0 aromatic heterocycles. The van der Waals surface area contributed by atoms with E-state index in [1.807, 2.05) is 11.8 Å². The summed E-state index contributed by atoms with van der Waals surface area (Å²) in [7, 11) is -3.28. The zero-order chi connectivity index (χ0) is 13.9. The smallest absolute Gasteiger partial charge is 0.216 e. The van der Waals surface area contributed by atoms with Gasteiger partial charge < -0.3 is 5.73 Å². The summed E-state index contributed by atoms with van der Waals surface area (Å²) in [4.78, 5) is 0. The maximum absolute atomic E-state index is 12.1. The Kier molecular flexibility index (Phi) is 4.76. The van der Waals surface area contributed by atoms with E-state index < -0.39 is 10.0 Å². The first-order valence-corrected chi connectivity index (χ1v) is 9.30. The fraction of sp³-hybridized carbons (Fsp3) is 0.538. The Morgan fingerprint density at radius 1 is 1.42 bits per heavy atom. The van der Waals surface area contributed by atoms with E-state index in [-0.39, 0.29) is 11.8 Å². The van der Waals surface area contributed by atoms with Gasteiger partial charge in [0, 0.05) is 17.0 Å². The van der Waals surface area contributed by atoms with E-state index in [0.717, 1.165) is 24.8 Å². The normalized spacial score (nSPS) is 23.6. The number of nitrogen functional groups attached to an aromatic ring is 1. The fourth-order valence-corrected chi connectivity index (χ4v) is 4.68. The summed E-state index contributed by atoms with van der Waals surface area (Å²) in [5.41, 5.74) is 6.98. The number of anilines is 1. The quantitative estimate of drug-likeness (QED) is 0.816. The molecular formula is C13H20N2O2S2. The molecule has 2 rings (SSSR count). The van der Waals surface area contributed by atoms with Crippen LogP contribution in [-0.2, 0) is 15.8 Å². The van der Waals surface area contributed by atoms with Crippen molar-refractivity contribution in [2.75, 3.05) is 12.0 Å². The molecule has 1 aliphatic carbocycles. The highest BCUT2D eigenvalue weighted by Gasteiger charge is 2.27. The first kappa shape index (κ1) is 14.7. The van der Waals surface area contributed by atoms with E-state index in [9.17, 15) is 8.42 Å². The summed E-state index contributed by atoms with van der Waals surface area (Å²) in [6, 6.07) is 7.11. The van der Waals surface area contributed by atoms with Crippen LogP contribution < -0.4 is 10.5 Å². The molecule has 0 heterocycles. The molecule has 4 nitrogen and oxygen atoms in total. The molecule has 0 spiro atoms. The molecule has 1 saturated carbocycles. The molecule has 2 atom stereocenters. The second-order valence-corrected chi connectivity index (χ2v) is 7.88. The Bertz CT molecular complexity index is 531. The summed E-state index contributed by atoms with van der Waals surface area (Å²) in [5, 5.41) is 0.583. The summed E-state index contributed by atoms with van der Waals surface area (Å²) in [6.45, 7) is 0. The van der Waals surface area contributed by atoms with Crippen molar-refractivity contribution in [1.29, 1.82) is 0 Å². The van der Waals surface area contributed by atoms with Crippen molar-refractivity contribution in [2.24, 2.45) is 0 Å². The zero-order valence-corrected chi connectivity index (χ0v) is 12.6. The highest BCUT2D eigenvalue weighted by atomic mass is 32.2. The van der Waals surface area contributed by atoms with Gasteiger partial charge in [0.05, 0.1) is 5.75 Å². The van der Waals surface area contributed by atoms with Gasteiger partial charge in [0.2, 0.25) is 10.0 Å². The predicted octanol–water partition coefficient (Wildman–Crippen LogP) is 1.97. The molecule has 1 fully saturated rings. The Morgan fingerprint density at radius 3 is 2.84 bits per heavy atom. The molecule has 19 heavy (non-hydrogen) atoms. The highest BCUT2D eigenvalue weighted by Crippen LogP contribution is 2.28. The molecule has 0 saturated heterocycles. The summed E-state index contributed by atoms with van der Waals surface area (Å²) in [6.07, 6.45) is 5.03. The van der Waals surface area contributed by atoms with Crippen LogP contribution in [0, 0.1) is 0 Å². The monoisotopic (exact) mass is 300 g/mol. The van der Waals surface area contributed by atoms with Crippen LogP contribution in [-0.4, -0.2) is 26.0 Å². The molecule has 1 aliphatic rings. The van der Waals surface area contributed by atoms with Gasteiger partial charge in [0.25, 0.3) is 0 Å². The van der Waals surface area contributed by atoms with Crippen LogP contribution in [0.2, 0.25) is 0 Å². The molecule has 0 bridgehead atoms. The zero-order valence-electron chi connectivity index (χ0n) is 11.0. The van der Waals surface area contributed by atoms with Crippen molar-refractivity contribution in [1.82, 2.24) is 4.72 Å². The second-order valence-electron chi connectivity index (χ2n) is 4.99. The standard InChI is InChI=1S/C13H20N2O2S2/c1-18-13-6-5-12(8-13)15-19(16,17)9-10-3-2-4-11(14)7-10/h2-4,7,12-13,15H,5-6,8-9,14H2,1H3. The third-order valence-corrected chi connectivity index (χ3v) is 5.87. The van der Waals surface area contributed by atoms with Gasteiger partial charge in [-0.3, -0.25) is 0 Å². The summed E-state index contributed by atoms with van der Waals surface area (Å²) in [5.74, 6) is -0.00151. The minimum absolute atomic E-state index is 0.00151. The minimum Gasteiger partial charge on any atom is -0.399 e. The molecule has 2 unspecified atom stereocenters. The van der Waals surface area contributed by atoms with Crippen LogP contribution in [0.15, 0.2) is 24.3 Å². The number of nitrogens with two attached hydrogens (primary N) is 1. The number of hydrogen-bond acceptors (Lipinski definition) is 4. The van der Waals surface area contributed by atoms with Crippen LogP contribution in [0.4, 0.5) is 5.69 Å². The lowest BCUT2D eigenvalue weighted by Crippen LogP contribution is -2.34. The predicted molar refractivity (Wildman–Crippen MR) is 81.6 cm³/mol. The van der Waals surface area contributed by atoms with Crippen LogP contribution in [0.5, 0.6) is 0 Å². The largest absolute Gasteiger partial charge is 0.399 e. The molecule has 106 valence electrons. The van der Waals surface area contributed by atoms with E-state index in [1.165, 1.54) is 0 Å². The second kappa shape index (κ2) is 6.15. The van der Waals surface area contributed by atoms with Crippen LogP contribution in [0.3, 0.4) is 0 Å². The fourth-order valence-electron chi connectivity index (χ4n) is 2.46. The average molecular weight is 300 g/mol. The third kappa shape index (κ3) is 4.40. The van der Waals surface area contributed by atoms with Crippen molar-refractivity contribution in [3.63, 3.8) is 0 Å². The topological polar surface area (TPSA) is 72.2 Å².